The summed E-state index contributed by atoms with van der Waals surface area (Å²) in [5.41, 5.74) is 5.38. The molecule has 158 valence electrons. The molecule has 30 heavy (non-hydrogen) atoms. The maximum atomic E-state index is 12.5. The van der Waals surface area contributed by atoms with Crippen LogP contribution < -0.4 is 19.6 Å². The second-order valence-corrected chi connectivity index (χ2v) is 7.55. The Morgan fingerprint density at radius 3 is 2.73 bits per heavy atom. The van der Waals surface area contributed by atoms with E-state index in [0.717, 1.165) is 36.5 Å². The van der Waals surface area contributed by atoms with Crippen LogP contribution in [0.15, 0.2) is 47.6 Å². The van der Waals surface area contributed by atoms with E-state index in [-0.39, 0.29) is 12.5 Å². The van der Waals surface area contributed by atoms with Gasteiger partial charge in [-0.3, -0.25) is 9.69 Å². The maximum absolute atomic E-state index is 12.5. The van der Waals surface area contributed by atoms with Crippen molar-refractivity contribution in [1.82, 2.24) is 10.3 Å². The molecule has 0 spiro atoms. The van der Waals surface area contributed by atoms with Crippen molar-refractivity contribution in [3.63, 3.8) is 0 Å². The molecule has 0 aliphatic carbocycles. The highest BCUT2D eigenvalue weighted by molar-refractivity contribution is 5.99. The normalized spacial score (nSPS) is 18.9. The number of likely N-dealkylation sites (tertiary alicyclic amines) is 1. The van der Waals surface area contributed by atoms with Crippen molar-refractivity contribution in [3.05, 3.63) is 53.6 Å². The molecule has 0 radical (unpaired) electrons. The number of rotatable bonds is 6. The second kappa shape index (κ2) is 9.17. The van der Waals surface area contributed by atoms with Gasteiger partial charge in [0.25, 0.3) is 5.91 Å². The molecular formula is C23H27N3O4. The Labute approximate surface area is 176 Å². The van der Waals surface area contributed by atoms with Crippen LogP contribution >= 0.6 is 0 Å². The van der Waals surface area contributed by atoms with Crippen LogP contribution in [0.5, 0.6) is 17.2 Å². The van der Waals surface area contributed by atoms with E-state index in [1.54, 1.807) is 13.2 Å². The van der Waals surface area contributed by atoms with Gasteiger partial charge in [-0.2, -0.15) is 5.10 Å². The van der Waals surface area contributed by atoms with Crippen molar-refractivity contribution in [1.29, 1.82) is 0 Å². The predicted molar refractivity (Wildman–Crippen MR) is 114 cm³/mol. The van der Waals surface area contributed by atoms with Gasteiger partial charge in [-0.25, -0.2) is 5.43 Å². The molecule has 0 bridgehead atoms. The van der Waals surface area contributed by atoms with Gasteiger partial charge < -0.3 is 14.2 Å². The Morgan fingerprint density at radius 1 is 1.20 bits per heavy atom. The number of para-hydroxylation sites is 2. The monoisotopic (exact) mass is 409 g/mol. The number of methoxy groups -OCH3 is 1. The van der Waals surface area contributed by atoms with Crippen molar-refractivity contribution in [2.45, 2.75) is 32.4 Å². The quantitative estimate of drug-likeness (QED) is 0.587. The number of carbonyl (C=O) groups excluding carboxylic acids is 1. The first-order chi connectivity index (χ1) is 14.6. The summed E-state index contributed by atoms with van der Waals surface area (Å²) < 4.78 is 16.9. The van der Waals surface area contributed by atoms with Crippen LogP contribution in [0.4, 0.5) is 0 Å². The molecule has 1 amide bonds. The summed E-state index contributed by atoms with van der Waals surface area (Å²) in [6.07, 6.45) is 1.75. The van der Waals surface area contributed by atoms with E-state index >= 15 is 0 Å². The molecule has 0 aromatic heterocycles. The average Bonchev–Trinajstić information content (AvgIpc) is 3.30. The molecule has 2 aromatic rings. The molecule has 0 unspecified atom stereocenters. The number of benzene rings is 2. The zero-order chi connectivity index (χ0) is 20.9. The van der Waals surface area contributed by atoms with E-state index in [1.807, 2.05) is 37.3 Å². The molecule has 1 N–H and O–H groups in total. The van der Waals surface area contributed by atoms with Crippen molar-refractivity contribution >= 4 is 11.6 Å². The summed E-state index contributed by atoms with van der Waals surface area (Å²) in [5, 5.41) is 4.28. The van der Waals surface area contributed by atoms with E-state index in [0.29, 0.717) is 17.2 Å². The largest absolute Gasteiger partial charge is 0.496 e. The third-order valence-electron chi connectivity index (χ3n) is 5.43. The lowest BCUT2D eigenvalue weighted by molar-refractivity contribution is -0.130. The summed E-state index contributed by atoms with van der Waals surface area (Å²) in [7, 11) is 1.69. The zero-order valence-corrected chi connectivity index (χ0v) is 17.4. The summed E-state index contributed by atoms with van der Waals surface area (Å²) in [6.45, 7) is 5.10. The highest BCUT2D eigenvalue weighted by Crippen LogP contribution is 2.31. The Morgan fingerprint density at radius 2 is 1.97 bits per heavy atom. The predicted octanol–water partition coefficient (Wildman–Crippen LogP) is 2.97. The first-order valence-corrected chi connectivity index (χ1v) is 10.3. The van der Waals surface area contributed by atoms with Crippen LogP contribution in [0.1, 0.15) is 30.9 Å². The smallest absolute Gasteiger partial charge is 0.284 e. The number of fused-ring (bicyclic) bond motifs is 1. The molecule has 2 heterocycles. The van der Waals surface area contributed by atoms with Crippen LogP contribution in [0, 0.1) is 0 Å². The number of nitrogens with one attached hydrogen (secondary N) is 1. The van der Waals surface area contributed by atoms with Gasteiger partial charge in [0.15, 0.2) is 11.5 Å². The number of amides is 1. The highest BCUT2D eigenvalue weighted by Gasteiger charge is 2.27. The van der Waals surface area contributed by atoms with Crippen molar-refractivity contribution in [2.75, 3.05) is 26.8 Å². The molecule has 1 fully saturated rings. The number of nitrogens with zero attached hydrogens (tertiary/aromatic N) is 2. The lowest BCUT2D eigenvalue weighted by Gasteiger charge is -2.24. The number of hydrogen-bond donors (Lipinski definition) is 1. The van der Waals surface area contributed by atoms with E-state index in [2.05, 4.69) is 21.5 Å². The Kier molecular flexibility index (Phi) is 6.18. The first kappa shape index (κ1) is 20.2. The fourth-order valence-electron chi connectivity index (χ4n) is 3.73. The van der Waals surface area contributed by atoms with E-state index < -0.39 is 6.10 Å². The fraction of sp³-hybridized carbons (Fsp3) is 0.391. The van der Waals surface area contributed by atoms with Gasteiger partial charge in [-0.15, -0.1) is 0 Å². The highest BCUT2D eigenvalue weighted by atomic mass is 16.6. The van der Waals surface area contributed by atoms with Gasteiger partial charge in [-0.05, 0) is 68.8 Å². The van der Waals surface area contributed by atoms with Crippen LogP contribution in [0.25, 0.3) is 0 Å². The molecule has 7 heteroatoms. The standard InChI is InChI=1S/C23H27N3O4/c1-16(17-9-10-19(28-2)18(13-17)14-26-11-5-6-12-26)24-25-23(27)22-15-29-20-7-3-4-8-21(20)30-22/h3-4,7-10,13,22H,5-6,11-12,14-15H2,1-2H3,(H,25,27)/b24-16-/t22-/m0/s1. The first-order valence-electron chi connectivity index (χ1n) is 10.3. The van der Waals surface area contributed by atoms with Gasteiger partial charge >= 0.3 is 0 Å². The minimum Gasteiger partial charge on any atom is -0.496 e. The van der Waals surface area contributed by atoms with Crippen LogP contribution in [0.2, 0.25) is 0 Å². The minimum atomic E-state index is -0.738. The molecule has 0 saturated carbocycles. The molecule has 1 saturated heterocycles. The summed E-state index contributed by atoms with van der Waals surface area (Å²) in [4.78, 5) is 14.9. The van der Waals surface area contributed by atoms with Crippen LogP contribution in [-0.4, -0.2) is 49.4 Å². The van der Waals surface area contributed by atoms with Crippen LogP contribution in [0.3, 0.4) is 0 Å². The van der Waals surface area contributed by atoms with Gasteiger partial charge in [0.05, 0.1) is 12.8 Å². The number of hydrazone groups is 1. The number of hydrogen-bond acceptors (Lipinski definition) is 6. The number of carbonyl (C=O) groups is 1. The topological polar surface area (TPSA) is 72.4 Å². The third kappa shape index (κ3) is 4.57. The SMILES string of the molecule is COc1ccc(/C(C)=N\NC(=O)[C@@H]2COc3ccccc3O2)cc1CN1CCCC1. The summed E-state index contributed by atoms with van der Waals surface area (Å²) in [5.74, 6) is 1.74. The van der Waals surface area contributed by atoms with Crippen LogP contribution in [-0.2, 0) is 11.3 Å². The van der Waals surface area contributed by atoms with E-state index in [1.165, 1.54) is 12.8 Å². The fourth-order valence-corrected chi connectivity index (χ4v) is 3.73. The average molecular weight is 409 g/mol. The van der Waals surface area contributed by atoms with Gasteiger partial charge in [-0.1, -0.05) is 12.1 Å². The lowest BCUT2D eigenvalue weighted by atomic mass is 10.1. The van der Waals surface area contributed by atoms with E-state index in [4.69, 9.17) is 14.2 Å². The molecule has 2 aliphatic heterocycles. The van der Waals surface area contributed by atoms with Crippen molar-refractivity contribution < 1.29 is 19.0 Å². The van der Waals surface area contributed by atoms with Gasteiger partial charge in [0, 0.05) is 12.1 Å². The zero-order valence-electron chi connectivity index (χ0n) is 17.4. The van der Waals surface area contributed by atoms with E-state index in [9.17, 15) is 4.79 Å². The van der Waals surface area contributed by atoms with Crippen molar-refractivity contribution in [2.24, 2.45) is 5.10 Å². The molecule has 7 nitrogen and oxygen atoms in total. The summed E-state index contributed by atoms with van der Waals surface area (Å²) >= 11 is 0. The Balaban J connectivity index is 1.42. The molecular weight excluding hydrogens is 382 g/mol. The summed E-state index contributed by atoms with van der Waals surface area (Å²) in [6, 6.07) is 13.3. The second-order valence-electron chi connectivity index (χ2n) is 7.55. The third-order valence-corrected chi connectivity index (χ3v) is 5.43. The Bertz CT molecular complexity index is 938. The molecule has 4 rings (SSSR count). The van der Waals surface area contributed by atoms with Gasteiger partial charge in [0.1, 0.15) is 12.4 Å². The van der Waals surface area contributed by atoms with Gasteiger partial charge in [0.2, 0.25) is 6.10 Å². The molecule has 2 aromatic carbocycles. The maximum Gasteiger partial charge on any atom is 0.284 e. The number of ether oxygens (including phenoxy) is 3. The molecule has 2 aliphatic rings. The Hall–Kier alpha value is -3.06. The molecule has 1 atom stereocenters. The van der Waals surface area contributed by atoms with Crippen molar-refractivity contribution in [3.8, 4) is 17.2 Å². The lowest BCUT2D eigenvalue weighted by Crippen LogP contribution is -2.42. The minimum absolute atomic E-state index is 0.153.